The molecule has 0 aliphatic heterocycles. The second-order valence-electron chi connectivity index (χ2n) is 6.03. The lowest BCUT2D eigenvalue weighted by atomic mass is 10.2. The van der Waals surface area contributed by atoms with Crippen LogP contribution in [0, 0.1) is 13.8 Å². The number of anilines is 1. The van der Waals surface area contributed by atoms with E-state index in [1.165, 1.54) is 10.8 Å². The molecule has 0 bridgehead atoms. The number of pyridine rings is 1. The van der Waals surface area contributed by atoms with Gasteiger partial charge in [0.15, 0.2) is 0 Å². The number of aryl methyl sites for hydroxylation is 2. The van der Waals surface area contributed by atoms with Crippen LogP contribution in [0.25, 0.3) is 0 Å². The van der Waals surface area contributed by atoms with Crippen LogP contribution in [-0.4, -0.2) is 20.6 Å². The summed E-state index contributed by atoms with van der Waals surface area (Å²) in [4.78, 5) is 42.0. The number of carbonyl (C=O) groups excluding carboxylic acids is 1. The first-order chi connectivity index (χ1) is 11.4. The fourth-order valence-corrected chi connectivity index (χ4v) is 2.52. The SMILES string of the molecule is Cc1cc(C)nc(NC(=O)NCc2cn(C3CC3)c(=O)[nH]c2=O)c1. The van der Waals surface area contributed by atoms with Crippen LogP contribution >= 0.6 is 0 Å². The van der Waals surface area contributed by atoms with E-state index in [-0.39, 0.29) is 12.6 Å². The van der Waals surface area contributed by atoms with Gasteiger partial charge in [0, 0.05) is 17.9 Å². The number of hydrogen-bond donors (Lipinski definition) is 3. The van der Waals surface area contributed by atoms with E-state index >= 15 is 0 Å². The van der Waals surface area contributed by atoms with Crippen molar-refractivity contribution in [2.45, 2.75) is 39.3 Å². The topological polar surface area (TPSA) is 109 Å². The van der Waals surface area contributed by atoms with E-state index in [0.29, 0.717) is 11.4 Å². The molecule has 1 aliphatic carbocycles. The predicted molar refractivity (Wildman–Crippen MR) is 89.2 cm³/mol. The fraction of sp³-hybridized carbons (Fsp3) is 0.375. The molecule has 24 heavy (non-hydrogen) atoms. The van der Waals surface area contributed by atoms with Crippen molar-refractivity contribution in [1.82, 2.24) is 19.9 Å². The highest BCUT2D eigenvalue weighted by Crippen LogP contribution is 2.32. The molecule has 8 heteroatoms. The van der Waals surface area contributed by atoms with E-state index in [2.05, 4.69) is 20.6 Å². The van der Waals surface area contributed by atoms with Crippen LogP contribution < -0.4 is 21.9 Å². The molecule has 0 spiro atoms. The summed E-state index contributed by atoms with van der Waals surface area (Å²) in [5, 5.41) is 5.24. The van der Waals surface area contributed by atoms with Crippen LogP contribution in [0.5, 0.6) is 0 Å². The Morgan fingerprint density at radius 1 is 1.33 bits per heavy atom. The Kier molecular flexibility index (Phi) is 4.20. The van der Waals surface area contributed by atoms with Crippen molar-refractivity contribution in [2.75, 3.05) is 5.32 Å². The summed E-state index contributed by atoms with van der Waals surface area (Å²) in [5.74, 6) is 0.446. The molecule has 0 atom stereocenters. The zero-order valence-corrected chi connectivity index (χ0v) is 13.5. The number of hydrogen-bond acceptors (Lipinski definition) is 4. The number of carbonyl (C=O) groups is 1. The maximum absolute atomic E-state index is 12.0. The lowest BCUT2D eigenvalue weighted by Gasteiger charge is -2.09. The summed E-state index contributed by atoms with van der Waals surface area (Å²) in [6.07, 6.45) is 3.38. The molecule has 0 radical (unpaired) electrons. The Bertz CT molecular complexity index is 875. The number of nitrogens with one attached hydrogen (secondary N) is 3. The van der Waals surface area contributed by atoms with Gasteiger partial charge in [-0.05, 0) is 44.4 Å². The minimum absolute atomic E-state index is 0.0268. The first kappa shape index (κ1) is 16.0. The summed E-state index contributed by atoms with van der Waals surface area (Å²) in [5.41, 5.74) is 1.24. The van der Waals surface area contributed by atoms with Gasteiger partial charge in [0.25, 0.3) is 5.56 Å². The molecule has 0 aromatic carbocycles. The largest absolute Gasteiger partial charge is 0.333 e. The minimum Gasteiger partial charge on any atom is -0.333 e. The number of rotatable bonds is 4. The predicted octanol–water partition coefficient (Wildman–Crippen LogP) is 1.21. The van der Waals surface area contributed by atoms with Crippen molar-refractivity contribution >= 4 is 11.8 Å². The number of aromatic amines is 1. The highest BCUT2D eigenvalue weighted by molar-refractivity contribution is 5.88. The first-order valence-electron chi connectivity index (χ1n) is 7.77. The van der Waals surface area contributed by atoms with Gasteiger partial charge < -0.3 is 5.32 Å². The third kappa shape index (κ3) is 3.70. The highest BCUT2D eigenvalue weighted by Gasteiger charge is 2.25. The van der Waals surface area contributed by atoms with Gasteiger partial charge in [-0.3, -0.25) is 19.7 Å². The Hall–Kier alpha value is -2.90. The van der Waals surface area contributed by atoms with Gasteiger partial charge >= 0.3 is 11.7 Å². The van der Waals surface area contributed by atoms with Crippen molar-refractivity contribution in [3.63, 3.8) is 0 Å². The van der Waals surface area contributed by atoms with E-state index in [9.17, 15) is 14.4 Å². The molecule has 2 heterocycles. The molecule has 2 amide bonds. The summed E-state index contributed by atoms with van der Waals surface area (Å²) < 4.78 is 1.52. The van der Waals surface area contributed by atoms with Crippen LogP contribution in [0.2, 0.25) is 0 Å². The molecular formula is C16H19N5O3. The second-order valence-corrected chi connectivity index (χ2v) is 6.03. The lowest BCUT2D eigenvalue weighted by Crippen LogP contribution is -2.35. The summed E-state index contributed by atoms with van der Waals surface area (Å²) in [6.45, 7) is 3.79. The Balaban J connectivity index is 1.67. The number of aromatic nitrogens is 3. The van der Waals surface area contributed by atoms with Crippen molar-refractivity contribution in [3.05, 3.63) is 56.0 Å². The fourth-order valence-electron chi connectivity index (χ4n) is 2.52. The number of urea groups is 1. The quantitative estimate of drug-likeness (QED) is 0.783. The first-order valence-corrected chi connectivity index (χ1v) is 7.77. The summed E-state index contributed by atoms with van der Waals surface area (Å²) in [7, 11) is 0. The third-order valence-electron chi connectivity index (χ3n) is 3.76. The van der Waals surface area contributed by atoms with Crippen molar-refractivity contribution < 1.29 is 4.79 Å². The van der Waals surface area contributed by atoms with Gasteiger partial charge in [-0.1, -0.05) is 0 Å². The van der Waals surface area contributed by atoms with Crippen LogP contribution in [0.15, 0.2) is 27.9 Å². The van der Waals surface area contributed by atoms with E-state index in [0.717, 1.165) is 24.1 Å². The van der Waals surface area contributed by atoms with Gasteiger partial charge in [-0.2, -0.15) is 0 Å². The average molecular weight is 329 g/mol. The molecule has 0 saturated heterocycles. The Morgan fingerprint density at radius 2 is 2.08 bits per heavy atom. The van der Waals surface area contributed by atoms with Crippen LogP contribution in [0.4, 0.5) is 10.6 Å². The molecule has 3 N–H and O–H groups in total. The normalized spacial score (nSPS) is 13.6. The number of amides is 2. The number of nitrogens with zero attached hydrogens (tertiary/aromatic N) is 2. The van der Waals surface area contributed by atoms with Crippen LogP contribution in [0.3, 0.4) is 0 Å². The summed E-state index contributed by atoms with van der Waals surface area (Å²) >= 11 is 0. The minimum atomic E-state index is -0.485. The van der Waals surface area contributed by atoms with Crippen LogP contribution in [-0.2, 0) is 6.54 Å². The Labute approximate surface area is 137 Å². The van der Waals surface area contributed by atoms with Crippen molar-refractivity contribution in [1.29, 1.82) is 0 Å². The van der Waals surface area contributed by atoms with Gasteiger partial charge in [0.1, 0.15) is 5.82 Å². The van der Waals surface area contributed by atoms with Crippen LogP contribution in [0.1, 0.15) is 35.7 Å². The average Bonchev–Trinajstić information content (AvgIpc) is 3.29. The van der Waals surface area contributed by atoms with E-state index in [1.54, 1.807) is 6.07 Å². The molecule has 8 nitrogen and oxygen atoms in total. The van der Waals surface area contributed by atoms with E-state index in [1.807, 2.05) is 19.9 Å². The summed E-state index contributed by atoms with van der Waals surface area (Å²) in [6, 6.07) is 3.36. The lowest BCUT2D eigenvalue weighted by molar-refractivity contribution is 0.251. The van der Waals surface area contributed by atoms with Gasteiger partial charge in [-0.15, -0.1) is 0 Å². The molecule has 2 aromatic rings. The molecule has 0 unspecified atom stereocenters. The zero-order chi connectivity index (χ0) is 17.3. The molecule has 126 valence electrons. The smallest absolute Gasteiger partial charge is 0.328 e. The highest BCUT2D eigenvalue weighted by atomic mass is 16.2. The standard InChI is InChI=1S/C16H19N5O3/c1-9-5-10(2)18-13(6-9)19-15(23)17-7-11-8-21(12-3-4-12)16(24)20-14(11)22/h5-6,8,12H,3-4,7H2,1-2H3,(H,20,22,24)(H2,17,18,19,23). The molecule has 3 rings (SSSR count). The molecule has 1 saturated carbocycles. The van der Waals surface area contributed by atoms with E-state index < -0.39 is 17.3 Å². The number of H-pyrrole nitrogens is 1. The molecular weight excluding hydrogens is 310 g/mol. The van der Waals surface area contributed by atoms with Gasteiger partial charge in [0.2, 0.25) is 0 Å². The van der Waals surface area contributed by atoms with Gasteiger partial charge in [-0.25, -0.2) is 14.6 Å². The van der Waals surface area contributed by atoms with Crippen molar-refractivity contribution in [2.24, 2.45) is 0 Å². The molecule has 1 aliphatic rings. The molecule has 2 aromatic heterocycles. The second kappa shape index (κ2) is 6.31. The van der Waals surface area contributed by atoms with E-state index in [4.69, 9.17) is 0 Å². The maximum Gasteiger partial charge on any atom is 0.328 e. The molecule has 1 fully saturated rings. The van der Waals surface area contributed by atoms with Gasteiger partial charge in [0.05, 0.1) is 12.1 Å². The van der Waals surface area contributed by atoms with Crippen molar-refractivity contribution in [3.8, 4) is 0 Å². The maximum atomic E-state index is 12.0. The zero-order valence-electron chi connectivity index (χ0n) is 13.5. The monoisotopic (exact) mass is 329 g/mol. The third-order valence-corrected chi connectivity index (χ3v) is 3.76. The Morgan fingerprint density at radius 3 is 2.75 bits per heavy atom.